The predicted octanol–water partition coefficient (Wildman–Crippen LogP) is 3.22. The molecule has 1 aromatic heterocycles. The molecule has 8 heteroatoms. The summed E-state index contributed by atoms with van der Waals surface area (Å²) in [7, 11) is 0. The molecular weight excluding hydrogens is 394 g/mol. The fourth-order valence-corrected chi connectivity index (χ4v) is 4.82. The van der Waals surface area contributed by atoms with Gasteiger partial charge < -0.3 is 15.5 Å². The number of amides is 2. The number of aromatic amines is 1. The van der Waals surface area contributed by atoms with Gasteiger partial charge in [-0.15, -0.1) is 0 Å². The molecule has 8 nitrogen and oxygen atoms in total. The van der Waals surface area contributed by atoms with Crippen molar-refractivity contribution in [1.82, 2.24) is 9.97 Å². The van der Waals surface area contributed by atoms with E-state index >= 15 is 0 Å². The first-order chi connectivity index (χ1) is 14.7. The van der Waals surface area contributed by atoms with Gasteiger partial charge in [-0.25, -0.2) is 0 Å². The Kier molecular flexibility index (Phi) is 5.56. The lowest BCUT2D eigenvalue weighted by Crippen LogP contribution is -2.46. The smallest absolute Gasteiger partial charge is 0.258 e. The molecule has 4 rings (SSSR count). The van der Waals surface area contributed by atoms with Crippen LogP contribution in [0.25, 0.3) is 0 Å². The molecule has 3 unspecified atom stereocenters. The van der Waals surface area contributed by atoms with Crippen LogP contribution >= 0.6 is 0 Å². The highest BCUT2D eigenvalue weighted by Crippen LogP contribution is 2.32. The van der Waals surface area contributed by atoms with E-state index < -0.39 is 5.92 Å². The first-order valence-electron chi connectivity index (χ1n) is 10.8. The molecule has 2 aliphatic rings. The van der Waals surface area contributed by atoms with Gasteiger partial charge in [0.05, 0.1) is 11.5 Å². The number of nitrogens with one attached hydrogen (secondary N) is 3. The van der Waals surface area contributed by atoms with Gasteiger partial charge in [0.15, 0.2) is 0 Å². The number of rotatable bonds is 3. The first-order valence-corrected chi connectivity index (χ1v) is 10.8. The predicted molar refractivity (Wildman–Crippen MR) is 121 cm³/mol. The van der Waals surface area contributed by atoms with Gasteiger partial charge in [0.1, 0.15) is 5.82 Å². The second-order valence-corrected chi connectivity index (χ2v) is 8.86. The summed E-state index contributed by atoms with van der Waals surface area (Å²) in [6.07, 6.45) is 3.06. The van der Waals surface area contributed by atoms with Crippen molar-refractivity contribution in [1.29, 1.82) is 0 Å². The van der Waals surface area contributed by atoms with Gasteiger partial charge in [-0.2, -0.15) is 4.98 Å². The molecule has 0 radical (unpaired) electrons. The van der Waals surface area contributed by atoms with E-state index in [4.69, 9.17) is 0 Å². The number of H-pyrrole nitrogens is 1. The summed E-state index contributed by atoms with van der Waals surface area (Å²) in [5.41, 5.74) is 2.51. The SMILES string of the molecule is Cc1cc(C)cc(NC(=O)C2CC(=O)Nc3nc(N4C(C)CCCC4C)[nH]c(=O)c32)c1. The topological polar surface area (TPSA) is 107 Å². The van der Waals surface area contributed by atoms with Crippen molar-refractivity contribution in [3.8, 4) is 0 Å². The summed E-state index contributed by atoms with van der Waals surface area (Å²) in [6.45, 7) is 8.11. The molecule has 3 atom stereocenters. The first kappa shape index (κ1) is 21.1. The van der Waals surface area contributed by atoms with E-state index in [1.54, 1.807) is 0 Å². The van der Waals surface area contributed by atoms with E-state index in [0.717, 1.165) is 30.4 Å². The zero-order valence-corrected chi connectivity index (χ0v) is 18.4. The van der Waals surface area contributed by atoms with Crippen LogP contribution in [-0.4, -0.2) is 33.9 Å². The third-order valence-electron chi connectivity index (χ3n) is 6.18. The van der Waals surface area contributed by atoms with Gasteiger partial charge in [-0.05, 0) is 70.2 Å². The molecule has 2 aliphatic heterocycles. The van der Waals surface area contributed by atoms with Gasteiger partial charge in [-0.3, -0.25) is 19.4 Å². The number of fused-ring (bicyclic) bond motifs is 1. The average Bonchev–Trinajstić information content (AvgIpc) is 2.66. The Morgan fingerprint density at radius 2 is 1.74 bits per heavy atom. The van der Waals surface area contributed by atoms with Crippen molar-refractivity contribution >= 4 is 29.3 Å². The highest BCUT2D eigenvalue weighted by atomic mass is 16.2. The fraction of sp³-hybridized carbons (Fsp3) is 0.478. The van der Waals surface area contributed by atoms with Crippen molar-refractivity contribution in [3.63, 3.8) is 0 Å². The minimum atomic E-state index is -0.897. The highest BCUT2D eigenvalue weighted by molar-refractivity contribution is 6.04. The number of hydrogen-bond acceptors (Lipinski definition) is 5. The minimum absolute atomic E-state index is 0.0930. The Morgan fingerprint density at radius 3 is 2.39 bits per heavy atom. The quantitative estimate of drug-likeness (QED) is 0.703. The van der Waals surface area contributed by atoms with Crippen LogP contribution < -0.4 is 21.1 Å². The van der Waals surface area contributed by atoms with Crippen LogP contribution in [0.5, 0.6) is 0 Å². The summed E-state index contributed by atoms with van der Waals surface area (Å²) in [5.74, 6) is -0.983. The number of hydrogen-bond donors (Lipinski definition) is 3. The van der Waals surface area contributed by atoms with E-state index in [2.05, 4.69) is 39.3 Å². The van der Waals surface area contributed by atoms with E-state index in [-0.39, 0.29) is 47.3 Å². The molecule has 1 fully saturated rings. The maximum atomic E-state index is 13.1. The lowest BCUT2D eigenvalue weighted by molar-refractivity contribution is -0.123. The zero-order chi connectivity index (χ0) is 22.3. The minimum Gasteiger partial charge on any atom is -0.337 e. The van der Waals surface area contributed by atoms with Crippen LogP contribution in [0.15, 0.2) is 23.0 Å². The molecule has 2 amide bonds. The Balaban J connectivity index is 1.68. The number of aryl methyl sites for hydroxylation is 2. The summed E-state index contributed by atoms with van der Waals surface area (Å²) >= 11 is 0. The summed E-state index contributed by atoms with van der Waals surface area (Å²) in [6, 6.07) is 6.19. The Labute approximate surface area is 181 Å². The number of carbonyl (C=O) groups excluding carboxylic acids is 2. The molecule has 0 bridgehead atoms. The van der Waals surface area contributed by atoms with Gasteiger partial charge >= 0.3 is 0 Å². The van der Waals surface area contributed by atoms with E-state index in [1.807, 2.05) is 32.0 Å². The van der Waals surface area contributed by atoms with Crippen LogP contribution in [0.3, 0.4) is 0 Å². The van der Waals surface area contributed by atoms with E-state index in [9.17, 15) is 14.4 Å². The third-order valence-corrected chi connectivity index (χ3v) is 6.18. The number of carbonyl (C=O) groups is 2. The van der Waals surface area contributed by atoms with Crippen molar-refractivity contribution in [2.24, 2.45) is 0 Å². The largest absolute Gasteiger partial charge is 0.337 e. The van der Waals surface area contributed by atoms with E-state index in [1.165, 1.54) is 0 Å². The molecule has 2 aromatic rings. The number of nitrogens with zero attached hydrogens (tertiary/aromatic N) is 2. The lowest BCUT2D eigenvalue weighted by Gasteiger charge is -2.39. The summed E-state index contributed by atoms with van der Waals surface area (Å²) in [4.78, 5) is 48.0. The van der Waals surface area contributed by atoms with Crippen LogP contribution in [0.4, 0.5) is 17.5 Å². The summed E-state index contributed by atoms with van der Waals surface area (Å²) < 4.78 is 0. The Bertz CT molecular complexity index is 1060. The standard InChI is InChI=1S/C23H29N5O3/c1-12-8-13(2)10-16(9-12)24-21(30)17-11-18(29)25-20-19(17)22(31)27-23(26-20)28-14(3)6-5-7-15(28)4/h8-10,14-15,17H,5-7,11H2,1-4H3,(H,24,30)(H2,25,26,27,29,31). The molecular formula is C23H29N5O3. The molecule has 1 aromatic carbocycles. The molecule has 0 aliphatic carbocycles. The molecule has 3 N–H and O–H groups in total. The number of anilines is 3. The monoisotopic (exact) mass is 423 g/mol. The van der Waals surface area contributed by atoms with Crippen molar-refractivity contribution in [2.45, 2.75) is 71.4 Å². The Hall–Kier alpha value is -3.16. The zero-order valence-electron chi connectivity index (χ0n) is 18.4. The van der Waals surface area contributed by atoms with E-state index in [0.29, 0.717) is 11.6 Å². The summed E-state index contributed by atoms with van der Waals surface area (Å²) in [5, 5.41) is 5.56. The molecule has 164 valence electrons. The molecule has 0 spiro atoms. The second kappa shape index (κ2) is 8.17. The van der Waals surface area contributed by atoms with Gasteiger partial charge in [-0.1, -0.05) is 6.07 Å². The molecule has 31 heavy (non-hydrogen) atoms. The van der Waals surface area contributed by atoms with Crippen LogP contribution in [0.2, 0.25) is 0 Å². The number of piperidine rings is 1. The average molecular weight is 424 g/mol. The number of aromatic nitrogens is 2. The molecule has 0 saturated carbocycles. The lowest BCUT2D eigenvalue weighted by atomic mass is 9.92. The maximum Gasteiger partial charge on any atom is 0.258 e. The highest BCUT2D eigenvalue weighted by Gasteiger charge is 2.36. The maximum absolute atomic E-state index is 13.1. The van der Waals surface area contributed by atoms with Gasteiger partial charge in [0, 0.05) is 24.2 Å². The van der Waals surface area contributed by atoms with Crippen LogP contribution in [0.1, 0.15) is 62.1 Å². The van der Waals surface area contributed by atoms with Gasteiger partial charge in [0.25, 0.3) is 5.56 Å². The molecule has 1 saturated heterocycles. The van der Waals surface area contributed by atoms with Crippen LogP contribution in [-0.2, 0) is 9.59 Å². The normalized spacial score (nSPS) is 23.2. The third kappa shape index (κ3) is 4.19. The fourth-order valence-electron chi connectivity index (χ4n) is 4.82. The van der Waals surface area contributed by atoms with Crippen molar-refractivity contribution in [3.05, 3.63) is 45.2 Å². The molecule has 3 heterocycles. The van der Waals surface area contributed by atoms with Crippen LogP contribution in [0, 0.1) is 13.8 Å². The van der Waals surface area contributed by atoms with Gasteiger partial charge in [0.2, 0.25) is 17.8 Å². The van der Waals surface area contributed by atoms with Crippen molar-refractivity contribution in [2.75, 3.05) is 15.5 Å². The Morgan fingerprint density at radius 1 is 1.10 bits per heavy atom. The number of benzene rings is 1. The second-order valence-electron chi connectivity index (χ2n) is 8.86. The van der Waals surface area contributed by atoms with Crippen molar-refractivity contribution < 1.29 is 9.59 Å².